The molecular formula is C19H16FNO4S. The maximum absolute atomic E-state index is 12.8. The number of aromatic nitrogens is 1. The minimum atomic E-state index is -0.510. The molecule has 0 aliphatic heterocycles. The van der Waals surface area contributed by atoms with Crippen molar-refractivity contribution in [2.45, 2.75) is 0 Å². The van der Waals surface area contributed by atoms with Crippen LogP contribution in [0.1, 0.15) is 10.5 Å². The molecule has 0 aliphatic rings. The molecule has 0 radical (unpaired) electrons. The lowest BCUT2D eigenvalue weighted by Gasteiger charge is -2.06. The summed E-state index contributed by atoms with van der Waals surface area (Å²) in [6.45, 7) is 0.248. The van der Waals surface area contributed by atoms with E-state index in [1.165, 1.54) is 35.6 Å². The fourth-order valence-electron chi connectivity index (χ4n) is 2.13. The molecule has 3 aromatic rings. The lowest BCUT2D eigenvalue weighted by Crippen LogP contribution is -2.12. The van der Waals surface area contributed by atoms with E-state index in [-0.39, 0.29) is 24.7 Å². The number of ether oxygens (including phenoxy) is 3. The van der Waals surface area contributed by atoms with Crippen LogP contribution in [0.5, 0.6) is 11.5 Å². The zero-order valence-corrected chi connectivity index (χ0v) is 14.8. The Balaban J connectivity index is 1.50. The summed E-state index contributed by atoms with van der Waals surface area (Å²) >= 11 is 1.36. The zero-order valence-electron chi connectivity index (χ0n) is 14.0. The summed E-state index contributed by atoms with van der Waals surface area (Å²) in [4.78, 5) is 16.3. The SMILES string of the molecule is COc1ccc(-c2nc(C(=O)OCCOc3ccc(F)cc3)cs2)cc1. The molecule has 26 heavy (non-hydrogen) atoms. The van der Waals surface area contributed by atoms with E-state index < -0.39 is 5.97 Å². The van der Waals surface area contributed by atoms with E-state index in [4.69, 9.17) is 14.2 Å². The lowest BCUT2D eigenvalue weighted by molar-refractivity contribution is 0.0444. The Bertz CT molecular complexity index is 862. The van der Waals surface area contributed by atoms with Crippen LogP contribution in [0.3, 0.4) is 0 Å². The fourth-order valence-corrected chi connectivity index (χ4v) is 2.93. The highest BCUT2D eigenvalue weighted by Crippen LogP contribution is 2.25. The summed E-state index contributed by atoms with van der Waals surface area (Å²) in [5.74, 6) is 0.424. The predicted octanol–water partition coefficient (Wildman–Crippen LogP) is 4.19. The second-order valence-electron chi connectivity index (χ2n) is 5.20. The van der Waals surface area contributed by atoms with Gasteiger partial charge in [-0.05, 0) is 48.5 Å². The summed E-state index contributed by atoms with van der Waals surface area (Å²) in [7, 11) is 1.60. The van der Waals surface area contributed by atoms with Crippen LogP contribution < -0.4 is 9.47 Å². The van der Waals surface area contributed by atoms with Crippen molar-refractivity contribution in [2.75, 3.05) is 20.3 Å². The van der Waals surface area contributed by atoms with Gasteiger partial charge >= 0.3 is 5.97 Å². The van der Waals surface area contributed by atoms with Gasteiger partial charge in [0.15, 0.2) is 5.69 Å². The Morgan fingerprint density at radius 2 is 1.73 bits per heavy atom. The molecule has 0 saturated heterocycles. The lowest BCUT2D eigenvalue weighted by atomic mass is 10.2. The first-order chi connectivity index (χ1) is 12.7. The molecule has 0 spiro atoms. The molecule has 0 atom stereocenters. The molecule has 0 fully saturated rings. The number of methoxy groups -OCH3 is 1. The minimum absolute atomic E-state index is 0.0750. The van der Waals surface area contributed by atoms with E-state index >= 15 is 0 Å². The van der Waals surface area contributed by atoms with Crippen molar-refractivity contribution in [2.24, 2.45) is 0 Å². The molecule has 134 valence electrons. The maximum Gasteiger partial charge on any atom is 0.357 e. The third-order valence-electron chi connectivity index (χ3n) is 3.45. The second-order valence-corrected chi connectivity index (χ2v) is 6.06. The summed E-state index contributed by atoms with van der Waals surface area (Å²) in [5.41, 5.74) is 1.15. The van der Waals surface area contributed by atoms with Crippen molar-refractivity contribution in [3.05, 3.63) is 65.4 Å². The van der Waals surface area contributed by atoms with Gasteiger partial charge in [0.25, 0.3) is 0 Å². The van der Waals surface area contributed by atoms with Gasteiger partial charge in [0.1, 0.15) is 35.5 Å². The van der Waals surface area contributed by atoms with Crippen molar-refractivity contribution in [1.82, 2.24) is 4.98 Å². The molecule has 2 aromatic carbocycles. The maximum atomic E-state index is 12.8. The second kappa shape index (κ2) is 8.44. The van der Waals surface area contributed by atoms with E-state index in [0.29, 0.717) is 5.75 Å². The van der Waals surface area contributed by atoms with Crippen molar-refractivity contribution in [1.29, 1.82) is 0 Å². The van der Waals surface area contributed by atoms with Crippen LogP contribution in [-0.2, 0) is 4.74 Å². The number of hydrogen-bond acceptors (Lipinski definition) is 6. The number of nitrogens with zero attached hydrogens (tertiary/aromatic N) is 1. The number of carbonyl (C=O) groups excluding carboxylic acids is 1. The van der Waals surface area contributed by atoms with Crippen molar-refractivity contribution >= 4 is 17.3 Å². The largest absolute Gasteiger partial charge is 0.497 e. The molecule has 7 heteroatoms. The number of esters is 1. The van der Waals surface area contributed by atoms with Gasteiger partial charge in [-0.15, -0.1) is 11.3 Å². The van der Waals surface area contributed by atoms with Gasteiger partial charge in [0.05, 0.1) is 7.11 Å². The number of carbonyl (C=O) groups is 1. The number of benzene rings is 2. The molecule has 1 heterocycles. The van der Waals surface area contributed by atoms with E-state index in [0.717, 1.165) is 16.3 Å². The topological polar surface area (TPSA) is 57.7 Å². The smallest absolute Gasteiger partial charge is 0.357 e. The van der Waals surface area contributed by atoms with Gasteiger partial charge in [-0.3, -0.25) is 0 Å². The van der Waals surface area contributed by atoms with Crippen LogP contribution in [0.4, 0.5) is 4.39 Å². The first-order valence-electron chi connectivity index (χ1n) is 7.81. The highest BCUT2D eigenvalue weighted by Gasteiger charge is 2.13. The summed E-state index contributed by atoms with van der Waals surface area (Å²) in [5, 5.41) is 2.38. The number of thiazole rings is 1. The summed E-state index contributed by atoms with van der Waals surface area (Å²) < 4.78 is 28.4. The molecule has 0 unspecified atom stereocenters. The normalized spacial score (nSPS) is 10.4. The molecule has 0 saturated carbocycles. The third kappa shape index (κ3) is 4.58. The van der Waals surface area contributed by atoms with Crippen molar-refractivity contribution in [3.8, 4) is 22.1 Å². The van der Waals surface area contributed by atoms with E-state index in [2.05, 4.69) is 4.98 Å². The quantitative estimate of drug-likeness (QED) is 0.459. The summed E-state index contributed by atoms with van der Waals surface area (Å²) in [6, 6.07) is 13.1. The number of rotatable bonds is 7. The molecule has 5 nitrogen and oxygen atoms in total. The molecule has 0 aliphatic carbocycles. The highest BCUT2D eigenvalue weighted by atomic mass is 32.1. The standard InChI is InChI=1S/C19H16FNO4S/c1-23-15-6-2-13(3-7-15)18-21-17(12-26-18)19(22)25-11-10-24-16-8-4-14(20)5-9-16/h2-9,12H,10-11H2,1H3. The molecule has 3 rings (SSSR count). The predicted molar refractivity (Wildman–Crippen MR) is 96.3 cm³/mol. The van der Waals surface area contributed by atoms with Gasteiger partial charge < -0.3 is 14.2 Å². The van der Waals surface area contributed by atoms with Crippen molar-refractivity contribution in [3.63, 3.8) is 0 Å². The zero-order chi connectivity index (χ0) is 18.4. The first-order valence-corrected chi connectivity index (χ1v) is 8.69. The van der Waals surface area contributed by atoms with Crippen LogP contribution in [0.15, 0.2) is 53.9 Å². The fraction of sp³-hybridized carbons (Fsp3) is 0.158. The Labute approximate surface area is 154 Å². The number of halogens is 1. The van der Waals surface area contributed by atoms with Crippen molar-refractivity contribution < 1.29 is 23.4 Å². The van der Waals surface area contributed by atoms with E-state index in [1.54, 1.807) is 12.5 Å². The van der Waals surface area contributed by atoms with Crippen LogP contribution >= 0.6 is 11.3 Å². The molecular weight excluding hydrogens is 357 g/mol. The third-order valence-corrected chi connectivity index (χ3v) is 4.34. The Kier molecular flexibility index (Phi) is 5.80. The van der Waals surface area contributed by atoms with Crippen LogP contribution in [0.25, 0.3) is 10.6 Å². The molecule has 0 bridgehead atoms. The van der Waals surface area contributed by atoms with Crippen LogP contribution in [0.2, 0.25) is 0 Å². The Hall–Kier alpha value is -2.93. The Morgan fingerprint density at radius 3 is 2.42 bits per heavy atom. The van der Waals surface area contributed by atoms with Gasteiger partial charge in [-0.2, -0.15) is 0 Å². The van der Waals surface area contributed by atoms with Gasteiger partial charge in [-0.25, -0.2) is 14.2 Å². The van der Waals surface area contributed by atoms with Gasteiger partial charge in [0, 0.05) is 10.9 Å². The first kappa shape index (κ1) is 17.9. The van der Waals surface area contributed by atoms with Gasteiger partial charge in [0.2, 0.25) is 0 Å². The number of hydrogen-bond donors (Lipinski definition) is 0. The highest BCUT2D eigenvalue weighted by molar-refractivity contribution is 7.13. The van der Waals surface area contributed by atoms with E-state index in [1.807, 2.05) is 24.3 Å². The van der Waals surface area contributed by atoms with Crippen LogP contribution in [-0.4, -0.2) is 31.3 Å². The molecule has 1 aromatic heterocycles. The average molecular weight is 373 g/mol. The molecule has 0 N–H and O–H groups in total. The molecule has 0 amide bonds. The van der Waals surface area contributed by atoms with Crippen LogP contribution in [0, 0.1) is 5.82 Å². The monoisotopic (exact) mass is 373 g/mol. The minimum Gasteiger partial charge on any atom is -0.497 e. The van der Waals surface area contributed by atoms with Gasteiger partial charge in [-0.1, -0.05) is 0 Å². The average Bonchev–Trinajstić information content (AvgIpc) is 3.17. The van der Waals surface area contributed by atoms with E-state index in [9.17, 15) is 9.18 Å². The summed E-state index contributed by atoms with van der Waals surface area (Å²) in [6.07, 6.45) is 0. The Morgan fingerprint density at radius 1 is 1.04 bits per heavy atom.